The van der Waals surface area contributed by atoms with Crippen molar-refractivity contribution in [3.63, 3.8) is 0 Å². The number of thiophene rings is 1. The standard InChI is InChI=1S/C22H22N2O4S/c1-16(20-8-5-13-29-20)23-21(25)14-28-22(26)15-27-19-11-9-18(10-12-19)24-17-6-3-2-4-7-17/h2-13,16,24H,14-15H2,1H3,(H,23,25)/t16-/m0/s1. The fraction of sp³-hybridized carbons (Fsp3) is 0.182. The maximum absolute atomic E-state index is 11.9. The molecule has 1 heterocycles. The summed E-state index contributed by atoms with van der Waals surface area (Å²) in [5, 5.41) is 7.99. The van der Waals surface area contributed by atoms with Crippen LogP contribution in [0.4, 0.5) is 11.4 Å². The average Bonchev–Trinajstić information content (AvgIpc) is 3.28. The number of anilines is 2. The minimum Gasteiger partial charge on any atom is -0.482 e. The van der Waals surface area contributed by atoms with Gasteiger partial charge in [0.25, 0.3) is 5.91 Å². The summed E-state index contributed by atoms with van der Waals surface area (Å²) in [7, 11) is 0. The Morgan fingerprint density at radius 3 is 2.34 bits per heavy atom. The first kappa shape index (κ1) is 20.4. The zero-order valence-corrected chi connectivity index (χ0v) is 16.8. The Kier molecular flexibility index (Phi) is 7.24. The van der Waals surface area contributed by atoms with E-state index in [4.69, 9.17) is 9.47 Å². The molecule has 1 aromatic heterocycles. The quantitative estimate of drug-likeness (QED) is 0.515. The van der Waals surface area contributed by atoms with Crippen molar-refractivity contribution >= 4 is 34.6 Å². The number of amides is 1. The predicted octanol–water partition coefficient (Wildman–Crippen LogP) is 4.29. The predicted molar refractivity (Wildman–Crippen MR) is 113 cm³/mol. The SMILES string of the molecule is C[C@H](NC(=O)COC(=O)COc1ccc(Nc2ccccc2)cc1)c1cccs1. The van der Waals surface area contributed by atoms with Gasteiger partial charge in [-0.3, -0.25) is 4.79 Å². The number of benzene rings is 2. The molecule has 2 aromatic carbocycles. The van der Waals surface area contributed by atoms with Crippen LogP contribution in [0.25, 0.3) is 0 Å². The maximum Gasteiger partial charge on any atom is 0.344 e. The lowest BCUT2D eigenvalue weighted by Crippen LogP contribution is -2.31. The number of carbonyl (C=O) groups excluding carboxylic acids is 2. The molecular weight excluding hydrogens is 388 g/mol. The molecular formula is C22H22N2O4S. The highest BCUT2D eigenvalue weighted by Gasteiger charge is 2.13. The van der Waals surface area contributed by atoms with Gasteiger partial charge in [0.1, 0.15) is 5.75 Å². The van der Waals surface area contributed by atoms with E-state index in [9.17, 15) is 9.59 Å². The van der Waals surface area contributed by atoms with Gasteiger partial charge >= 0.3 is 5.97 Å². The van der Waals surface area contributed by atoms with Gasteiger partial charge in [-0.1, -0.05) is 24.3 Å². The van der Waals surface area contributed by atoms with Crippen molar-refractivity contribution in [3.05, 3.63) is 77.0 Å². The van der Waals surface area contributed by atoms with Gasteiger partial charge in [-0.2, -0.15) is 0 Å². The van der Waals surface area contributed by atoms with Crippen LogP contribution in [0.1, 0.15) is 17.8 Å². The van der Waals surface area contributed by atoms with Crippen LogP contribution in [-0.4, -0.2) is 25.1 Å². The van der Waals surface area contributed by atoms with Crippen molar-refractivity contribution < 1.29 is 19.1 Å². The second-order valence-corrected chi connectivity index (χ2v) is 7.25. The van der Waals surface area contributed by atoms with Crippen LogP contribution in [0.3, 0.4) is 0 Å². The topological polar surface area (TPSA) is 76.7 Å². The Bertz CT molecular complexity index is 912. The molecule has 3 aromatic rings. The Hall–Kier alpha value is -3.32. The summed E-state index contributed by atoms with van der Waals surface area (Å²) >= 11 is 1.56. The molecule has 0 bridgehead atoms. The fourth-order valence-corrected chi connectivity index (χ4v) is 3.28. The Morgan fingerprint density at radius 2 is 1.66 bits per heavy atom. The van der Waals surface area contributed by atoms with Gasteiger partial charge in [-0.05, 0) is 54.8 Å². The van der Waals surface area contributed by atoms with Crippen LogP contribution < -0.4 is 15.4 Å². The first-order chi connectivity index (χ1) is 14.1. The normalized spacial score (nSPS) is 11.3. The fourth-order valence-electron chi connectivity index (χ4n) is 2.54. The summed E-state index contributed by atoms with van der Waals surface area (Å²) in [5.41, 5.74) is 1.89. The van der Waals surface area contributed by atoms with Gasteiger partial charge < -0.3 is 20.1 Å². The Morgan fingerprint density at radius 1 is 0.931 bits per heavy atom. The summed E-state index contributed by atoms with van der Waals surface area (Å²) < 4.78 is 10.4. The van der Waals surface area contributed by atoms with Crippen LogP contribution in [0, 0.1) is 0 Å². The largest absolute Gasteiger partial charge is 0.482 e. The molecule has 6 nitrogen and oxygen atoms in total. The van der Waals surface area contributed by atoms with Crippen molar-refractivity contribution in [1.29, 1.82) is 0 Å². The molecule has 3 rings (SSSR count). The van der Waals surface area contributed by atoms with E-state index in [-0.39, 0.29) is 25.2 Å². The van der Waals surface area contributed by atoms with E-state index in [1.807, 2.05) is 66.9 Å². The summed E-state index contributed by atoms with van der Waals surface area (Å²) in [6.45, 7) is 1.28. The monoisotopic (exact) mass is 410 g/mol. The number of nitrogens with one attached hydrogen (secondary N) is 2. The van der Waals surface area contributed by atoms with Crippen molar-refractivity contribution in [2.75, 3.05) is 18.5 Å². The molecule has 1 amide bonds. The number of rotatable bonds is 9. The van der Waals surface area contributed by atoms with Gasteiger partial charge in [0.05, 0.1) is 6.04 Å². The van der Waals surface area contributed by atoms with E-state index in [0.717, 1.165) is 16.3 Å². The number of carbonyl (C=O) groups is 2. The molecule has 0 radical (unpaired) electrons. The van der Waals surface area contributed by atoms with Crippen LogP contribution in [-0.2, 0) is 14.3 Å². The van der Waals surface area contributed by atoms with Crippen molar-refractivity contribution in [1.82, 2.24) is 5.32 Å². The highest BCUT2D eigenvalue weighted by Crippen LogP contribution is 2.20. The van der Waals surface area contributed by atoms with Crippen LogP contribution >= 0.6 is 11.3 Å². The van der Waals surface area contributed by atoms with Gasteiger partial charge in [-0.25, -0.2) is 4.79 Å². The van der Waals surface area contributed by atoms with E-state index < -0.39 is 5.97 Å². The second kappa shape index (κ2) is 10.3. The Labute approximate surface area is 173 Å². The molecule has 1 atom stereocenters. The summed E-state index contributed by atoms with van der Waals surface area (Å²) in [5.74, 6) is -0.415. The van der Waals surface area contributed by atoms with Crippen LogP contribution in [0.2, 0.25) is 0 Å². The van der Waals surface area contributed by atoms with Crippen LogP contribution in [0.5, 0.6) is 5.75 Å². The van der Waals surface area contributed by atoms with E-state index in [1.54, 1.807) is 23.5 Å². The highest BCUT2D eigenvalue weighted by atomic mass is 32.1. The van der Waals surface area contributed by atoms with Gasteiger partial charge in [0.2, 0.25) is 0 Å². The smallest absolute Gasteiger partial charge is 0.344 e. The van der Waals surface area contributed by atoms with Crippen molar-refractivity contribution in [2.45, 2.75) is 13.0 Å². The van der Waals surface area contributed by atoms with E-state index in [1.165, 1.54) is 0 Å². The molecule has 0 saturated heterocycles. The summed E-state index contributed by atoms with van der Waals surface area (Å²) in [4.78, 5) is 24.7. The molecule has 29 heavy (non-hydrogen) atoms. The van der Waals surface area contributed by atoms with E-state index in [0.29, 0.717) is 5.75 Å². The molecule has 0 fully saturated rings. The third-order valence-electron chi connectivity index (χ3n) is 3.99. The van der Waals surface area contributed by atoms with Crippen molar-refractivity contribution in [3.8, 4) is 5.75 Å². The van der Waals surface area contributed by atoms with Gasteiger partial charge in [0.15, 0.2) is 13.2 Å². The minimum atomic E-state index is -0.601. The number of para-hydroxylation sites is 1. The highest BCUT2D eigenvalue weighted by molar-refractivity contribution is 7.10. The zero-order valence-electron chi connectivity index (χ0n) is 16.0. The van der Waals surface area contributed by atoms with E-state index >= 15 is 0 Å². The summed E-state index contributed by atoms with van der Waals surface area (Å²) in [6.07, 6.45) is 0. The number of hydrogen-bond donors (Lipinski definition) is 2. The lowest BCUT2D eigenvalue weighted by molar-refractivity contribution is -0.150. The van der Waals surface area contributed by atoms with Crippen molar-refractivity contribution in [2.24, 2.45) is 0 Å². The summed E-state index contributed by atoms with van der Waals surface area (Å²) in [6, 6.07) is 20.8. The molecule has 0 aliphatic rings. The number of hydrogen-bond acceptors (Lipinski definition) is 6. The number of esters is 1. The number of ether oxygens (including phenoxy) is 2. The molecule has 0 aliphatic heterocycles. The van der Waals surface area contributed by atoms with E-state index in [2.05, 4.69) is 10.6 Å². The molecule has 0 saturated carbocycles. The molecule has 7 heteroatoms. The van der Waals surface area contributed by atoms with Gasteiger partial charge in [-0.15, -0.1) is 11.3 Å². The molecule has 150 valence electrons. The third kappa shape index (κ3) is 6.65. The lowest BCUT2D eigenvalue weighted by Gasteiger charge is -2.12. The first-order valence-corrected chi connectivity index (χ1v) is 10.0. The average molecular weight is 410 g/mol. The molecule has 0 unspecified atom stereocenters. The second-order valence-electron chi connectivity index (χ2n) is 6.27. The maximum atomic E-state index is 11.9. The first-order valence-electron chi connectivity index (χ1n) is 9.13. The molecule has 2 N–H and O–H groups in total. The van der Waals surface area contributed by atoms with Crippen LogP contribution in [0.15, 0.2) is 72.1 Å². The Balaban J connectivity index is 1.37. The zero-order chi connectivity index (χ0) is 20.5. The molecule has 0 spiro atoms. The minimum absolute atomic E-state index is 0.125. The molecule has 0 aliphatic carbocycles. The van der Waals surface area contributed by atoms with Gasteiger partial charge in [0, 0.05) is 16.3 Å². The third-order valence-corrected chi connectivity index (χ3v) is 5.04. The lowest BCUT2D eigenvalue weighted by atomic mass is 10.2.